The van der Waals surface area contributed by atoms with Crippen LogP contribution in [0.15, 0.2) is 48.5 Å². The van der Waals surface area contributed by atoms with Crippen molar-refractivity contribution in [3.8, 4) is 5.75 Å². The summed E-state index contributed by atoms with van der Waals surface area (Å²) in [5.74, 6) is 1.83. The van der Waals surface area contributed by atoms with E-state index in [1.165, 1.54) is 0 Å². The van der Waals surface area contributed by atoms with Crippen molar-refractivity contribution in [1.29, 1.82) is 0 Å². The van der Waals surface area contributed by atoms with Crippen molar-refractivity contribution in [3.05, 3.63) is 59.7 Å². The minimum atomic E-state index is -0.654. The molecule has 0 aromatic heterocycles. The van der Waals surface area contributed by atoms with E-state index in [4.69, 9.17) is 4.74 Å². The van der Waals surface area contributed by atoms with E-state index >= 15 is 0 Å². The SMILES string of the molecule is COc1ccc2c(c1)C1(NCCS1)C(=O)N2Cc1ccccc1. The van der Waals surface area contributed by atoms with Crippen LogP contribution in [0, 0.1) is 0 Å². The zero-order valence-corrected chi connectivity index (χ0v) is 13.7. The van der Waals surface area contributed by atoms with Gasteiger partial charge in [0.05, 0.1) is 19.3 Å². The lowest BCUT2D eigenvalue weighted by atomic mass is 10.1. The van der Waals surface area contributed by atoms with Crippen molar-refractivity contribution in [2.75, 3.05) is 24.3 Å². The van der Waals surface area contributed by atoms with Gasteiger partial charge in [0.25, 0.3) is 5.91 Å². The van der Waals surface area contributed by atoms with Crippen LogP contribution in [0.2, 0.25) is 0 Å². The number of hydrogen-bond donors (Lipinski definition) is 1. The van der Waals surface area contributed by atoms with Gasteiger partial charge in [-0.3, -0.25) is 10.1 Å². The van der Waals surface area contributed by atoms with E-state index in [2.05, 4.69) is 17.4 Å². The average Bonchev–Trinajstić information content (AvgIpc) is 3.17. The number of hydrogen-bond acceptors (Lipinski definition) is 4. The molecular formula is C18H18N2O2S. The van der Waals surface area contributed by atoms with E-state index in [0.717, 1.165) is 34.9 Å². The van der Waals surface area contributed by atoms with Crippen LogP contribution in [0.3, 0.4) is 0 Å². The summed E-state index contributed by atoms with van der Waals surface area (Å²) in [4.78, 5) is 14.4. The van der Waals surface area contributed by atoms with Crippen LogP contribution in [-0.4, -0.2) is 25.3 Å². The van der Waals surface area contributed by atoms with Gasteiger partial charge < -0.3 is 9.64 Å². The predicted octanol–water partition coefficient (Wildman–Crippen LogP) is 2.73. The van der Waals surface area contributed by atoms with Crippen molar-refractivity contribution < 1.29 is 9.53 Å². The Hall–Kier alpha value is -1.98. The predicted molar refractivity (Wildman–Crippen MR) is 92.8 cm³/mol. The van der Waals surface area contributed by atoms with Gasteiger partial charge >= 0.3 is 0 Å². The van der Waals surface area contributed by atoms with E-state index < -0.39 is 4.87 Å². The second-order valence-corrected chi connectivity index (χ2v) is 7.03. The van der Waals surface area contributed by atoms with Gasteiger partial charge in [-0.2, -0.15) is 0 Å². The quantitative estimate of drug-likeness (QED) is 0.942. The summed E-state index contributed by atoms with van der Waals surface area (Å²) >= 11 is 1.68. The number of anilines is 1. The van der Waals surface area contributed by atoms with Crippen LogP contribution in [0.5, 0.6) is 5.75 Å². The Morgan fingerprint density at radius 1 is 1.26 bits per heavy atom. The Kier molecular flexibility index (Phi) is 3.54. The second kappa shape index (κ2) is 5.58. The zero-order chi connectivity index (χ0) is 15.9. The number of nitrogens with one attached hydrogen (secondary N) is 1. The average molecular weight is 326 g/mol. The van der Waals surface area contributed by atoms with Gasteiger partial charge in [0.2, 0.25) is 0 Å². The molecule has 4 rings (SSSR count). The normalized spacial score (nSPS) is 22.7. The minimum absolute atomic E-state index is 0.118. The summed E-state index contributed by atoms with van der Waals surface area (Å²) in [5.41, 5.74) is 3.12. The number of fused-ring (bicyclic) bond motifs is 2. The fourth-order valence-corrected chi connectivity index (χ4v) is 4.56. The molecule has 0 radical (unpaired) electrons. The second-order valence-electron chi connectivity index (χ2n) is 5.72. The third kappa shape index (κ3) is 2.23. The highest BCUT2D eigenvalue weighted by molar-refractivity contribution is 8.01. The van der Waals surface area contributed by atoms with Crippen molar-refractivity contribution >= 4 is 23.4 Å². The first kappa shape index (κ1) is 14.6. The Balaban J connectivity index is 1.79. The molecule has 1 fully saturated rings. The molecule has 2 aromatic rings. The van der Waals surface area contributed by atoms with E-state index in [9.17, 15) is 4.79 Å². The van der Waals surface area contributed by atoms with Gasteiger partial charge in [0, 0.05) is 17.9 Å². The first-order chi connectivity index (χ1) is 11.2. The van der Waals surface area contributed by atoms with Gasteiger partial charge in [-0.05, 0) is 23.8 Å². The summed E-state index contributed by atoms with van der Waals surface area (Å²) in [6.45, 7) is 1.43. The topological polar surface area (TPSA) is 41.6 Å². The number of rotatable bonds is 3. The fraction of sp³-hybridized carbons (Fsp3) is 0.278. The molecule has 1 N–H and O–H groups in total. The van der Waals surface area contributed by atoms with Crippen LogP contribution in [0.1, 0.15) is 11.1 Å². The highest BCUT2D eigenvalue weighted by atomic mass is 32.2. The molecule has 1 amide bonds. The van der Waals surface area contributed by atoms with Crippen LogP contribution < -0.4 is 15.0 Å². The fourth-order valence-electron chi connectivity index (χ4n) is 3.29. The Labute approximate surface area is 139 Å². The highest BCUT2D eigenvalue weighted by Gasteiger charge is 2.53. The smallest absolute Gasteiger partial charge is 0.262 e. The first-order valence-corrected chi connectivity index (χ1v) is 8.66. The van der Waals surface area contributed by atoms with Gasteiger partial charge in [-0.1, -0.05) is 30.3 Å². The standard InChI is InChI=1S/C18H18N2O2S/c1-22-14-7-8-16-15(11-14)18(19-9-10-23-18)17(21)20(16)12-13-5-3-2-4-6-13/h2-8,11,19H,9-10,12H2,1H3. The monoisotopic (exact) mass is 326 g/mol. The number of carbonyl (C=O) groups excluding carboxylic acids is 1. The third-order valence-electron chi connectivity index (χ3n) is 4.40. The summed E-state index contributed by atoms with van der Waals surface area (Å²) in [6, 6.07) is 16.0. The van der Waals surface area contributed by atoms with Gasteiger partial charge in [-0.25, -0.2) is 0 Å². The van der Waals surface area contributed by atoms with E-state index in [1.807, 2.05) is 41.3 Å². The lowest BCUT2D eigenvalue weighted by molar-refractivity contribution is -0.121. The number of benzene rings is 2. The minimum Gasteiger partial charge on any atom is -0.497 e. The van der Waals surface area contributed by atoms with Crippen molar-refractivity contribution in [2.24, 2.45) is 0 Å². The highest BCUT2D eigenvalue weighted by Crippen LogP contribution is 2.50. The van der Waals surface area contributed by atoms with Crippen molar-refractivity contribution in [1.82, 2.24) is 5.32 Å². The first-order valence-electron chi connectivity index (χ1n) is 7.68. The molecule has 1 atom stereocenters. The van der Waals surface area contributed by atoms with E-state index in [0.29, 0.717) is 6.54 Å². The largest absolute Gasteiger partial charge is 0.497 e. The number of methoxy groups -OCH3 is 1. The maximum Gasteiger partial charge on any atom is 0.262 e. The van der Waals surface area contributed by atoms with Gasteiger partial charge in [-0.15, -0.1) is 11.8 Å². The molecule has 23 heavy (non-hydrogen) atoms. The summed E-state index contributed by atoms with van der Waals surface area (Å²) < 4.78 is 5.36. The maximum atomic E-state index is 13.2. The van der Waals surface area contributed by atoms with Gasteiger partial charge in [0.15, 0.2) is 4.87 Å². The van der Waals surface area contributed by atoms with Crippen molar-refractivity contribution in [2.45, 2.75) is 11.4 Å². The summed E-state index contributed by atoms with van der Waals surface area (Å²) in [6.07, 6.45) is 0. The molecular weight excluding hydrogens is 308 g/mol. The Bertz CT molecular complexity index is 742. The number of nitrogens with zero attached hydrogens (tertiary/aromatic N) is 1. The number of carbonyl (C=O) groups is 1. The molecule has 118 valence electrons. The van der Waals surface area contributed by atoms with Crippen LogP contribution in [-0.2, 0) is 16.2 Å². The number of ether oxygens (including phenoxy) is 1. The van der Waals surface area contributed by atoms with Crippen LogP contribution >= 0.6 is 11.8 Å². The molecule has 5 heteroatoms. The van der Waals surface area contributed by atoms with Gasteiger partial charge in [0.1, 0.15) is 5.75 Å². The van der Waals surface area contributed by atoms with Crippen LogP contribution in [0.25, 0.3) is 0 Å². The van der Waals surface area contributed by atoms with E-state index in [1.54, 1.807) is 18.9 Å². The lowest BCUT2D eigenvalue weighted by Crippen LogP contribution is -2.44. The molecule has 0 bridgehead atoms. The molecule has 1 saturated heterocycles. The molecule has 2 heterocycles. The lowest BCUT2D eigenvalue weighted by Gasteiger charge is -2.23. The molecule has 0 saturated carbocycles. The maximum absolute atomic E-state index is 13.2. The Morgan fingerprint density at radius 3 is 2.78 bits per heavy atom. The van der Waals surface area contributed by atoms with E-state index in [-0.39, 0.29) is 5.91 Å². The third-order valence-corrected chi connectivity index (χ3v) is 5.78. The Morgan fingerprint density at radius 2 is 2.09 bits per heavy atom. The van der Waals surface area contributed by atoms with Crippen molar-refractivity contribution in [3.63, 3.8) is 0 Å². The number of amides is 1. The molecule has 2 aliphatic heterocycles. The number of thioether (sulfide) groups is 1. The zero-order valence-electron chi connectivity index (χ0n) is 12.9. The summed E-state index contributed by atoms with van der Waals surface area (Å²) in [5, 5.41) is 3.42. The molecule has 2 aromatic carbocycles. The molecule has 4 nitrogen and oxygen atoms in total. The molecule has 2 aliphatic rings. The summed E-state index contributed by atoms with van der Waals surface area (Å²) in [7, 11) is 1.65. The molecule has 0 aliphatic carbocycles. The molecule has 1 spiro atoms. The van der Waals surface area contributed by atoms with Crippen LogP contribution in [0.4, 0.5) is 5.69 Å². The molecule has 1 unspecified atom stereocenters.